The molecule has 0 radical (unpaired) electrons. The topological polar surface area (TPSA) is 46.4 Å². The van der Waals surface area contributed by atoms with E-state index in [1.165, 1.54) is 0 Å². The van der Waals surface area contributed by atoms with Crippen LogP contribution in [0, 0.1) is 10.1 Å². The van der Waals surface area contributed by atoms with Crippen molar-refractivity contribution in [1.29, 1.82) is 0 Å². The van der Waals surface area contributed by atoms with Gasteiger partial charge in [0.15, 0.2) is 0 Å². The van der Waals surface area contributed by atoms with Gasteiger partial charge in [0.2, 0.25) is 0 Å². The maximum atomic E-state index is 13.0. The molecule has 0 aromatic heterocycles. The molecule has 0 N–H and O–H groups in total. The largest absolute Gasteiger partial charge is 0.416 e. The summed E-state index contributed by atoms with van der Waals surface area (Å²) in [6.07, 6.45) is -5.15. The second-order valence-electron chi connectivity index (χ2n) is 4.62. The molecule has 0 atom stereocenters. The molecule has 0 amide bonds. The molecule has 1 aromatic carbocycles. The molecule has 0 unspecified atom stereocenters. The second-order valence-corrected chi connectivity index (χ2v) is 4.62. The van der Waals surface area contributed by atoms with Gasteiger partial charge in [-0.25, -0.2) is 4.39 Å². The molecule has 20 heavy (non-hydrogen) atoms. The maximum absolute atomic E-state index is 13.0. The van der Waals surface area contributed by atoms with Crippen molar-refractivity contribution in [3.63, 3.8) is 0 Å². The molecule has 1 fully saturated rings. The molecule has 0 aliphatic carbocycles. The van der Waals surface area contributed by atoms with E-state index in [1.54, 1.807) is 4.90 Å². The van der Waals surface area contributed by atoms with Gasteiger partial charge in [0, 0.05) is 19.2 Å². The van der Waals surface area contributed by atoms with E-state index >= 15 is 0 Å². The third-order valence-electron chi connectivity index (χ3n) is 3.26. The lowest BCUT2D eigenvalue weighted by molar-refractivity contribution is -0.384. The predicted octanol–water partition coefficient (Wildman–Crippen LogP) is 3.55. The molecule has 1 aliphatic heterocycles. The Morgan fingerprint density at radius 1 is 1.25 bits per heavy atom. The van der Waals surface area contributed by atoms with E-state index in [0.717, 1.165) is 12.1 Å². The Balaban J connectivity index is 2.36. The van der Waals surface area contributed by atoms with Crippen molar-refractivity contribution in [3.8, 4) is 0 Å². The first-order chi connectivity index (χ1) is 9.29. The summed E-state index contributed by atoms with van der Waals surface area (Å²) in [5, 5.41) is 10.9. The normalized spacial score (nSPS) is 17.3. The molecule has 1 heterocycles. The molecule has 0 saturated carbocycles. The number of hydrogen-bond acceptors (Lipinski definition) is 3. The van der Waals surface area contributed by atoms with Gasteiger partial charge >= 0.3 is 6.18 Å². The number of benzene rings is 1. The fourth-order valence-corrected chi connectivity index (χ4v) is 2.20. The summed E-state index contributed by atoms with van der Waals surface area (Å²) in [6.45, 7) is 0.515. The Labute approximate surface area is 112 Å². The smallest absolute Gasteiger partial charge is 0.366 e. The maximum Gasteiger partial charge on any atom is 0.416 e. The molecule has 1 aliphatic rings. The second kappa shape index (κ2) is 5.26. The van der Waals surface area contributed by atoms with Gasteiger partial charge in [-0.1, -0.05) is 0 Å². The van der Waals surface area contributed by atoms with Crippen LogP contribution in [0.2, 0.25) is 0 Å². The Morgan fingerprint density at radius 3 is 2.35 bits per heavy atom. The summed E-state index contributed by atoms with van der Waals surface area (Å²) in [5.41, 5.74) is -1.56. The van der Waals surface area contributed by atoms with E-state index in [9.17, 15) is 27.7 Å². The van der Waals surface area contributed by atoms with Crippen molar-refractivity contribution in [3.05, 3.63) is 33.9 Å². The van der Waals surface area contributed by atoms with Crippen LogP contribution in [0.25, 0.3) is 0 Å². The number of hydrogen-bond donors (Lipinski definition) is 0. The Hall–Kier alpha value is -1.86. The molecular formula is C12H12F4N2O2. The van der Waals surface area contributed by atoms with Crippen molar-refractivity contribution < 1.29 is 22.5 Å². The zero-order valence-electron chi connectivity index (χ0n) is 10.4. The average molecular weight is 292 g/mol. The van der Waals surface area contributed by atoms with E-state index in [-0.39, 0.29) is 31.6 Å². The lowest BCUT2D eigenvalue weighted by atomic mass is 10.1. The van der Waals surface area contributed by atoms with Gasteiger partial charge in [0.05, 0.1) is 10.5 Å². The molecule has 2 rings (SSSR count). The highest BCUT2D eigenvalue weighted by molar-refractivity contribution is 5.64. The van der Waals surface area contributed by atoms with Crippen LogP contribution in [0.15, 0.2) is 18.2 Å². The monoisotopic (exact) mass is 292 g/mol. The molecular weight excluding hydrogens is 280 g/mol. The van der Waals surface area contributed by atoms with Gasteiger partial charge in [-0.05, 0) is 25.0 Å². The first-order valence-electron chi connectivity index (χ1n) is 6.03. The Morgan fingerprint density at radius 2 is 1.85 bits per heavy atom. The van der Waals surface area contributed by atoms with Crippen molar-refractivity contribution in [2.24, 2.45) is 0 Å². The summed E-state index contributed by atoms with van der Waals surface area (Å²) < 4.78 is 50.8. The molecule has 0 bridgehead atoms. The van der Waals surface area contributed by atoms with E-state index < -0.39 is 28.5 Å². The number of rotatable bonds is 2. The van der Waals surface area contributed by atoms with Crippen LogP contribution in [-0.2, 0) is 6.18 Å². The quantitative estimate of drug-likeness (QED) is 0.476. The van der Waals surface area contributed by atoms with E-state index in [1.807, 2.05) is 0 Å². The number of halogens is 4. The lowest BCUT2D eigenvalue weighted by Gasteiger charge is -2.30. The third kappa shape index (κ3) is 3.00. The van der Waals surface area contributed by atoms with Crippen LogP contribution in [0.1, 0.15) is 18.4 Å². The molecule has 4 nitrogen and oxygen atoms in total. The van der Waals surface area contributed by atoms with Gasteiger partial charge in [0.25, 0.3) is 5.69 Å². The van der Waals surface area contributed by atoms with Crippen molar-refractivity contribution in [1.82, 2.24) is 0 Å². The van der Waals surface area contributed by atoms with Gasteiger partial charge in [-0.15, -0.1) is 0 Å². The molecule has 8 heteroatoms. The van der Waals surface area contributed by atoms with Gasteiger partial charge in [-0.3, -0.25) is 10.1 Å². The summed E-state index contributed by atoms with van der Waals surface area (Å²) >= 11 is 0. The highest BCUT2D eigenvalue weighted by Crippen LogP contribution is 2.37. The van der Waals surface area contributed by atoms with Crippen LogP contribution in [-0.4, -0.2) is 24.2 Å². The molecule has 0 spiro atoms. The summed E-state index contributed by atoms with van der Waals surface area (Å²) in [5.74, 6) is 0. The highest BCUT2D eigenvalue weighted by atomic mass is 19.4. The van der Waals surface area contributed by atoms with E-state index in [0.29, 0.717) is 6.07 Å². The van der Waals surface area contributed by atoms with Crippen LogP contribution < -0.4 is 4.90 Å². The van der Waals surface area contributed by atoms with Gasteiger partial charge in [0.1, 0.15) is 11.9 Å². The number of nitrogens with zero attached hydrogens (tertiary/aromatic N) is 2. The van der Waals surface area contributed by atoms with Crippen LogP contribution >= 0.6 is 0 Å². The number of nitro benzene ring substituents is 1. The van der Waals surface area contributed by atoms with Crippen LogP contribution in [0.3, 0.4) is 0 Å². The van der Waals surface area contributed by atoms with Crippen LogP contribution in [0.5, 0.6) is 0 Å². The minimum absolute atomic E-state index is 0.106. The summed E-state index contributed by atoms with van der Waals surface area (Å²) in [4.78, 5) is 11.7. The zero-order valence-corrected chi connectivity index (χ0v) is 10.4. The molecule has 1 saturated heterocycles. The lowest BCUT2D eigenvalue weighted by Crippen LogP contribution is -2.34. The predicted molar refractivity (Wildman–Crippen MR) is 64.4 cm³/mol. The molecule has 1 aromatic rings. The number of anilines is 1. The van der Waals surface area contributed by atoms with Gasteiger partial charge in [-0.2, -0.15) is 13.2 Å². The average Bonchev–Trinajstić information content (AvgIpc) is 2.38. The summed E-state index contributed by atoms with van der Waals surface area (Å²) in [6, 6.07) is 2.42. The third-order valence-corrected chi connectivity index (χ3v) is 3.26. The van der Waals surface area contributed by atoms with Crippen molar-refractivity contribution >= 4 is 11.4 Å². The first kappa shape index (κ1) is 14.5. The molecule has 110 valence electrons. The zero-order chi connectivity index (χ0) is 14.9. The SMILES string of the molecule is O=[N+]([O-])c1cc(C(F)(F)F)ccc1N1CCC(F)CC1. The van der Waals surface area contributed by atoms with E-state index in [4.69, 9.17) is 0 Å². The minimum atomic E-state index is -4.63. The Bertz CT molecular complexity index is 511. The van der Waals surface area contributed by atoms with E-state index in [2.05, 4.69) is 0 Å². The van der Waals surface area contributed by atoms with Crippen molar-refractivity contribution in [2.75, 3.05) is 18.0 Å². The fraction of sp³-hybridized carbons (Fsp3) is 0.500. The minimum Gasteiger partial charge on any atom is -0.366 e. The van der Waals surface area contributed by atoms with Gasteiger partial charge < -0.3 is 4.90 Å². The first-order valence-corrected chi connectivity index (χ1v) is 6.03. The van der Waals surface area contributed by atoms with Crippen LogP contribution in [0.4, 0.5) is 28.9 Å². The van der Waals surface area contributed by atoms with Crippen molar-refractivity contribution in [2.45, 2.75) is 25.2 Å². The standard InChI is InChI=1S/C12H12F4N2O2/c13-9-3-5-17(6-4-9)10-2-1-8(12(14,15)16)7-11(10)18(19)20/h1-2,7,9H,3-6H2. The summed E-state index contributed by atoms with van der Waals surface area (Å²) in [7, 11) is 0. The Kier molecular flexibility index (Phi) is 3.82. The number of piperidine rings is 1. The number of alkyl halides is 4. The highest BCUT2D eigenvalue weighted by Gasteiger charge is 2.34. The fourth-order valence-electron chi connectivity index (χ4n) is 2.20. The number of nitro groups is 1.